The van der Waals surface area contributed by atoms with Crippen LogP contribution in [0.4, 0.5) is 0 Å². The Bertz CT molecular complexity index is 903. The second-order valence-electron chi connectivity index (χ2n) is 8.34. The van der Waals surface area contributed by atoms with Gasteiger partial charge in [-0.15, -0.1) is 0 Å². The largest absolute Gasteiger partial charge is 0.508 e. The van der Waals surface area contributed by atoms with Gasteiger partial charge in [0.15, 0.2) is 11.5 Å². The van der Waals surface area contributed by atoms with Crippen molar-refractivity contribution < 1.29 is 24.5 Å². The number of Topliss-reactive ketones (excluding diaryl/α,β-unsaturated/α-hetero) is 2. The van der Waals surface area contributed by atoms with Gasteiger partial charge in [-0.3, -0.25) is 9.59 Å². The normalized spacial score (nSPS) is 12.8. The Morgan fingerprint density at radius 1 is 0.903 bits per heavy atom. The van der Waals surface area contributed by atoms with Crippen LogP contribution in [0.25, 0.3) is 0 Å². The van der Waals surface area contributed by atoms with Crippen molar-refractivity contribution in [2.24, 2.45) is 0 Å². The number of aryl methyl sites for hydroxylation is 2. The van der Waals surface area contributed by atoms with Crippen LogP contribution < -0.4 is 4.74 Å². The van der Waals surface area contributed by atoms with Gasteiger partial charge in [-0.05, 0) is 67.9 Å². The van der Waals surface area contributed by atoms with E-state index in [0.29, 0.717) is 37.4 Å². The van der Waals surface area contributed by atoms with E-state index in [0.717, 1.165) is 61.6 Å². The fourth-order valence-electron chi connectivity index (χ4n) is 4.14. The number of hydrogen-bond donors (Lipinski definition) is 2. The van der Waals surface area contributed by atoms with Crippen molar-refractivity contribution in [2.45, 2.75) is 70.6 Å². The summed E-state index contributed by atoms with van der Waals surface area (Å²) in [5.74, 6) is 1.01. The maximum atomic E-state index is 12.3. The Labute approximate surface area is 184 Å². The Morgan fingerprint density at radius 3 is 2.55 bits per heavy atom. The van der Waals surface area contributed by atoms with Crippen LogP contribution in [0.5, 0.6) is 17.2 Å². The van der Waals surface area contributed by atoms with Crippen molar-refractivity contribution in [1.29, 1.82) is 0 Å². The summed E-state index contributed by atoms with van der Waals surface area (Å²) < 4.78 is 5.57. The minimum atomic E-state index is -0.0209. The topological polar surface area (TPSA) is 83.8 Å². The molecule has 5 heteroatoms. The number of ether oxygens (including phenoxy) is 1. The van der Waals surface area contributed by atoms with Crippen molar-refractivity contribution in [3.05, 3.63) is 53.1 Å². The van der Waals surface area contributed by atoms with Gasteiger partial charge in [0.2, 0.25) is 0 Å². The molecule has 0 radical (unpaired) electrons. The number of hydrogen-bond acceptors (Lipinski definition) is 5. The molecule has 0 atom stereocenters. The molecule has 0 saturated heterocycles. The second kappa shape index (κ2) is 11.5. The van der Waals surface area contributed by atoms with Gasteiger partial charge >= 0.3 is 0 Å². The number of fused-ring (bicyclic) bond motifs is 1. The third kappa shape index (κ3) is 7.12. The molecule has 0 spiro atoms. The molecule has 5 nitrogen and oxygen atoms in total. The number of carbonyl (C=O) groups is 2. The highest BCUT2D eigenvalue weighted by molar-refractivity contribution is 5.99. The monoisotopic (exact) mass is 424 g/mol. The first-order valence-corrected chi connectivity index (χ1v) is 11.3. The summed E-state index contributed by atoms with van der Waals surface area (Å²) in [4.78, 5) is 24.4. The van der Waals surface area contributed by atoms with Crippen LogP contribution in [0.3, 0.4) is 0 Å². The lowest BCUT2D eigenvalue weighted by Gasteiger charge is -2.21. The zero-order valence-corrected chi connectivity index (χ0v) is 18.1. The maximum Gasteiger partial charge on any atom is 0.164 e. The maximum absolute atomic E-state index is 12.3. The first-order valence-electron chi connectivity index (χ1n) is 11.3. The number of unbranched alkanes of at least 4 members (excludes halogenated alkanes) is 3. The summed E-state index contributed by atoms with van der Waals surface area (Å²) in [5, 5.41) is 19.4. The average Bonchev–Trinajstić information content (AvgIpc) is 2.76. The SMILES string of the molecule is O=C(CCCCCCc1cccc(O)c1)CC(=O)CCc1ccc(O)c2c1CCCO2. The predicted octanol–water partition coefficient (Wildman–Crippen LogP) is 5.08. The molecule has 2 aromatic carbocycles. The zero-order chi connectivity index (χ0) is 22.1. The summed E-state index contributed by atoms with van der Waals surface area (Å²) in [6.45, 7) is 0.604. The van der Waals surface area contributed by atoms with Crippen LogP contribution in [-0.4, -0.2) is 28.4 Å². The molecule has 0 unspecified atom stereocenters. The zero-order valence-electron chi connectivity index (χ0n) is 18.1. The summed E-state index contributed by atoms with van der Waals surface area (Å²) in [7, 11) is 0. The van der Waals surface area contributed by atoms with Crippen molar-refractivity contribution >= 4 is 11.6 Å². The van der Waals surface area contributed by atoms with E-state index in [1.807, 2.05) is 18.2 Å². The standard InChI is InChI=1S/C26H32O5/c27-21-10-5-8-19(17-21)7-3-1-2-4-9-22(28)18-23(29)14-12-20-13-15-25(30)26-24(20)11-6-16-31-26/h5,8,10,13,15,17,27,30H,1-4,6-7,9,11-12,14,16,18H2. The molecular formula is C26H32O5. The minimum Gasteiger partial charge on any atom is -0.508 e. The number of carbonyl (C=O) groups excluding carboxylic acids is 2. The average molecular weight is 425 g/mol. The Morgan fingerprint density at radius 2 is 1.71 bits per heavy atom. The molecule has 3 rings (SSSR count). The number of ketones is 2. The highest BCUT2D eigenvalue weighted by Gasteiger charge is 2.19. The van der Waals surface area contributed by atoms with E-state index in [1.54, 1.807) is 18.2 Å². The lowest BCUT2D eigenvalue weighted by atomic mass is 9.94. The molecule has 1 heterocycles. The van der Waals surface area contributed by atoms with E-state index in [1.165, 1.54) is 0 Å². The first-order chi connectivity index (χ1) is 15.0. The highest BCUT2D eigenvalue weighted by atomic mass is 16.5. The molecule has 31 heavy (non-hydrogen) atoms. The van der Waals surface area contributed by atoms with Crippen LogP contribution in [0.2, 0.25) is 0 Å². The van der Waals surface area contributed by atoms with Crippen LogP contribution >= 0.6 is 0 Å². The van der Waals surface area contributed by atoms with Crippen molar-refractivity contribution in [3.63, 3.8) is 0 Å². The second-order valence-corrected chi connectivity index (χ2v) is 8.34. The molecule has 0 aromatic heterocycles. The summed E-state index contributed by atoms with van der Waals surface area (Å²) in [5.41, 5.74) is 3.15. The van der Waals surface area contributed by atoms with E-state index in [-0.39, 0.29) is 23.7 Å². The predicted molar refractivity (Wildman–Crippen MR) is 120 cm³/mol. The van der Waals surface area contributed by atoms with Gasteiger partial charge in [0.25, 0.3) is 0 Å². The minimum absolute atomic E-state index is 0.0140. The van der Waals surface area contributed by atoms with Gasteiger partial charge in [0.1, 0.15) is 17.3 Å². The molecule has 166 valence electrons. The quantitative estimate of drug-likeness (QED) is 0.367. The fourth-order valence-corrected chi connectivity index (χ4v) is 4.14. The van der Waals surface area contributed by atoms with E-state index in [2.05, 4.69) is 0 Å². The molecule has 0 aliphatic carbocycles. The summed E-state index contributed by atoms with van der Waals surface area (Å²) in [6, 6.07) is 10.8. The Hall–Kier alpha value is -2.82. The molecular weight excluding hydrogens is 392 g/mol. The molecule has 1 aliphatic heterocycles. The molecule has 2 aromatic rings. The molecule has 2 N–H and O–H groups in total. The van der Waals surface area contributed by atoms with E-state index >= 15 is 0 Å². The fraction of sp³-hybridized carbons (Fsp3) is 0.462. The van der Waals surface area contributed by atoms with E-state index < -0.39 is 0 Å². The first kappa shape index (κ1) is 22.9. The van der Waals surface area contributed by atoms with Gasteiger partial charge in [-0.2, -0.15) is 0 Å². The van der Waals surface area contributed by atoms with Crippen molar-refractivity contribution in [1.82, 2.24) is 0 Å². The number of rotatable bonds is 12. The highest BCUT2D eigenvalue weighted by Crippen LogP contribution is 2.36. The van der Waals surface area contributed by atoms with Crippen molar-refractivity contribution in [3.8, 4) is 17.2 Å². The molecule has 1 aliphatic rings. The van der Waals surface area contributed by atoms with Gasteiger partial charge < -0.3 is 14.9 Å². The van der Waals surface area contributed by atoms with E-state index in [9.17, 15) is 19.8 Å². The van der Waals surface area contributed by atoms with Crippen LogP contribution in [0, 0.1) is 0 Å². The van der Waals surface area contributed by atoms with Gasteiger partial charge in [0, 0.05) is 18.4 Å². The number of phenolic OH excluding ortho intramolecular Hbond substituents is 2. The third-order valence-corrected chi connectivity index (χ3v) is 5.80. The molecule has 0 bridgehead atoms. The van der Waals surface area contributed by atoms with Gasteiger partial charge in [-0.1, -0.05) is 31.0 Å². The van der Waals surface area contributed by atoms with Gasteiger partial charge in [-0.25, -0.2) is 0 Å². The van der Waals surface area contributed by atoms with Crippen LogP contribution in [0.15, 0.2) is 36.4 Å². The van der Waals surface area contributed by atoms with Crippen LogP contribution in [-0.2, 0) is 28.9 Å². The summed E-state index contributed by atoms with van der Waals surface area (Å²) >= 11 is 0. The Balaban J connectivity index is 1.31. The molecule has 0 saturated carbocycles. The summed E-state index contributed by atoms with van der Waals surface area (Å²) in [6.07, 6.45) is 7.91. The van der Waals surface area contributed by atoms with E-state index in [4.69, 9.17) is 4.74 Å². The van der Waals surface area contributed by atoms with Crippen molar-refractivity contribution in [2.75, 3.05) is 6.61 Å². The third-order valence-electron chi connectivity index (χ3n) is 5.80. The molecule has 0 amide bonds. The van der Waals surface area contributed by atoms with Crippen LogP contribution in [0.1, 0.15) is 68.1 Å². The number of phenols is 2. The lowest BCUT2D eigenvalue weighted by molar-refractivity contribution is -0.127. The lowest BCUT2D eigenvalue weighted by Crippen LogP contribution is -2.12. The molecule has 0 fully saturated rings. The number of benzene rings is 2. The Kier molecular flexibility index (Phi) is 8.51. The van der Waals surface area contributed by atoms with Gasteiger partial charge in [0.05, 0.1) is 13.0 Å². The smallest absolute Gasteiger partial charge is 0.164 e. The number of aromatic hydroxyl groups is 2.